The molecule has 0 bridgehead atoms. The number of likely N-dealkylation sites (N-methyl/N-ethyl adjacent to an activating group) is 1. The van der Waals surface area contributed by atoms with Gasteiger partial charge in [-0.3, -0.25) is 9.59 Å². The molecular formula is C35H33F2N5O4. The lowest BCUT2D eigenvalue weighted by Crippen LogP contribution is -2.24. The number of hydrogen-bond acceptors (Lipinski definition) is 8. The summed E-state index contributed by atoms with van der Waals surface area (Å²) >= 11 is 0. The zero-order chi connectivity index (χ0) is 32.8. The maximum absolute atomic E-state index is 15.6. The Balaban J connectivity index is 1.63. The summed E-state index contributed by atoms with van der Waals surface area (Å²) in [6, 6.07) is 16.9. The molecule has 11 heteroatoms. The van der Waals surface area contributed by atoms with E-state index in [4.69, 9.17) is 9.47 Å². The summed E-state index contributed by atoms with van der Waals surface area (Å²) in [7, 11) is 6.32. The molecule has 0 atom stereocenters. The molecule has 1 N–H and O–H groups in total. The van der Waals surface area contributed by atoms with E-state index in [0.29, 0.717) is 34.6 Å². The van der Waals surface area contributed by atoms with Crippen molar-refractivity contribution in [3.63, 3.8) is 0 Å². The Morgan fingerprint density at radius 2 is 1.67 bits per heavy atom. The third kappa shape index (κ3) is 7.10. The lowest BCUT2D eigenvalue weighted by Gasteiger charge is -2.17. The first kappa shape index (κ1) is 32.0. The minimum absolute atomic E-state index is 0.0407. The maximum atomic E-state index is 15.6. The fraction of sp³-hybridized carbons (Fsp3) is 0.200. The summed E-state index contributed by atoms with van der Waals surface area (Å²) in [5.74, 6) is -1.71. The van der Waals surface area contributed by atoms with Gasteiger partial charge < -0.3 is 24.3 Å². The van der Waals surface area contributed by atoms with Crippen molar-refractivity contribution in [2.75, 3.05) is 40.2 Å². The molecule has 236 valence electrons. The highest BCUT2D eigenvalue weighted by Crippen LogP contribution is 2.37. The first-order chi connectivity index (χ1) is 22.2. The monoisotopic (exact) mass is 625 g/mol. The number of pyridine rings is 3. The van der Waals surface area contributed by atoms with Crippen LogP contribution in [-0.4, -0.2) is 60.1 Å². The maximum Gasteiger partial charge on any atom is 0.259 e. The molecule has 46 heavy (non-hydrogen) atoms. The number of fused-ring (bicyclic) bond motifs is 1. The largest absolute Gasteiger partial charge is 0.494 e. The van der Waals surface area contributed by atoms with Crippen molar-refractivity contribution in [3.8, 4) is 22.6 Å². The molecule has 0 fully saturated rings. The van der Waals surface area contributed by atoms with Crippen LogP contribution in [0.3, 0.4) is 0 Å². The number of nitrogens with zero attached hydrogens (tertiary/aromatic N) is 4. The zero-order valence-electron chi connectivity index (χ0n) is 25.9. The van der Waals surface area contributed by atoms with Crippen LogP contribution in [0, 0.1) is 11.6 Å². The van der Waals surface area contributed by atoms with Crippen LogP contribution in [-0.2, 0) is 17.8 Å². The Morgan fingerprint density at radius 1 is 0.935 bits per heavy atom. The second-order valence-corrected chi connectivity index (χ2v) is 10.8. The van der Waals surface area contributed by atoms with Gasteiger partial charge in [-0.25, -0.2) is 18.7 Å². The summed E-state index contributed by atoms with van der Waals surface area (Å²) in [6.07, 6.45) is 6.69. The molecule has 0 radical (unpaired) electrons. The van der Waals surface area contributed by atoms with Crippen molar-refractivity contribution in [1.29, 1.82) is 0 Å². The third-order valence-corrected chi connectivity index (χ3v) is 7.23. The number of carbonyl (C=O) groups excluding carboxylic acids is 1. The van der Waals surface area contributed by atoms with Gasteiger partial charge in [0.15, 0.2) is 28.9 Å². The third-order valence-electron chi connectivity index (χ3n) is 7.23. The highest BCUT2D eigenvalue weighted by atomic mass is 19.1. The molecule has 0 aliphatic heterocycles. The van der Waals surface area contributed by atoms with E-state index in [2.05, 4.69) is 15.3 Å². The standard InChI is InChI=1S/C35H33F2N5O4/c1-41(2)14-8-11-25(43)16-22-9-7-10-23(15-22)21-42-27-18-31(40-30-12-5-6-13-38-30)39-20-24(27)17-26(35(42)44)32-33(36)28(45-3)19-29(46-4)34(32)37/h5-13,15,17-20H,14,16,21H2,1-4H3,(H,38,39,40)/b11-8+. The van der Waals surface area contributed by atoms with Gasteiger partial charge in [-0.15, -0.1) is 0 Å². The van der Waals surface area contributed by atoms with Crippen molar-refractivity contribution in [1.82, 2.24) is 19.4 Å². The van der Waals surface area contributed by atoms with Gasteiger partial charge in [-0.1, -0.05) is 36.4 Å². The number of ether oxygens (including phenoxy) is 2. The SMILES string of the molecule is COc1cc(OC)c(F)c(-c2cc3cnc(Nc4ccccn4)cc3n(Cc3cccc(CC(=O)/C=C/CN(C)C)c3)c2=O)c1F. The molecule has 0 aliphatic rings. The summed E-state index contributed by atoms with van der Waals surface area (Å²) in [6.45, 7) is 0.684. The van der Waals surface area contributed by atoms with Crippen LogP contribution in [0.4, 0.5) is 20.4 Å². The number of hydrogen-bond donors (Lipinski definition) is 1. The summed E-state index contributed by atoms with van der Waals surface area (Å²) in [5, 5.41) is 3.58. The summed E-state index contributed by atoms with van der Waals surface area (Å²) < 4.78 is 43.0. The average molecular weight is 626 g/mol. The van der Waals surface area contributed by atoms with E-state index in [1.165, 1.54) is 31.0 Å². The summed E-state index contributed by atoms with van der Waals surface area (Å²) in [4.78, 5) is 37.5. The van der Waals surface area contributed by atoms with Gasteiger partial charge in [-0.05, 0) is 49.5 Å². The Morgan fingerprint density at radius 3 is 2.35 bits per heavy atom. The molecule has 5 aromatic rings. The fourth-order valence-electron chi connectivity index (χ4n) is 5.04. The van der Waals surface area contributed by atoms with Crippen molar-refractivity contribution in [3.05, 3.63) is 118 Å². The molecule has 0 aliphatic carbocycles. The average Bonchev–Trinajstić information content (AvgIpc) is 3.04. The summed E-state index contributed by atoms with van der Waals surface area (Å²) in [5.41, 5.74) is 0.484. The minimum Gasteiger partial charge on any atom is -0.494 e. The molecule has 3 aromatic heterocycles. The van der Waals surface area contributed by atoms with Gasteiger partial charge in [0.05, 0.1) is 37.4 Å². The molecule has 0 unspecified atom stereocenters. The Bertz CT molecular complexity index is 1950. The van der Waals surface area contributed by atoms with Crippen molar-refractivity contribution < 1.29 is 23.0 Å². The van der Waals surface area contributed by atoms with Gasteiger partial charge in [0, 0.05) is 42.9 Å². The van der Waals surface area contributed by atoms with Crippen LogP contribution >= 0.6 is 0 Å². The molecule has 0 saturated carbocycles. The van der Waals surface area contributed by atoms with Crippen molar-refractivity contribution in [2.24, 2.45) is 0 Å². The van der Waals surface area contributed by atoms with Crippen molar-refractivity contribution in [2.45, 2.75) is 13.0 Å². The topological polar surface area (TPSA) is 98.6 Å². The highest BCUT2D eigenvalue weighted by molar-refractivity contribution is 5.91. The van der Waals surface area contributed by atoms with Crippen LogP contribution in [0.15, 0.2) is 90.0 Å². The minimum atomic E-state index is -1.03. The van der Waals surface area contributed by atoms with Crippen LogP contribution in [0.2, 0.25) is 0 Å². The number of halogens is 2. The number of ketones is 1. The van der Waals surface area contributed by atoms with E-state index in [-0.39, 0.29) is 35.8 Å². The predicted molar refractivity (Wildman–Crippen MR) is 174 cm³/mol. The number of methoxy groups -OCH3 is 2. The van der Waals surface area contributed by atoms with E-state index < -0.39 is 22.8 Å². The van der Waals surface area contributed by atoms with E-state index >= 15 is 8.78 Å². The van der Waals surface area contributed by atoms with Gasteiger partial charge in [0.1, 0.15) is 11.6 Å². The molecule has 0 spiro atoms. The van der Waals surface area contributed by atoms with E-state index in [1.54, 1.807) is 42.6 Å². The number of rotatable bonds is 12. The molecule has 3 heterocycles. The van der Waals surface area contributed by atoms with Crippen LogP contribution in [0.25, 0.3) is 22.0 Å². The number of aromatic nitrogens is 3. The number of benzene rings is 2. The molecule has 9 nitrogen and oxygen atoms in total. The zero-order valence-corrected chi connectivity index (χ0v) is 25.9. The molecular weight excluding hydrogens is 592 g/mol. The quantitative estimate of drug-likeness (QED) is 0.175. The first-order valence-corrected chi connectivity index (χ1v) is 14.4. The second kappa shape index (κ2) is 14.1. The number of nitrogens with one attached hydrogen (secondary N) is 1. The van der Waals surface area contributed by atoms with Gasteiger partial charge in [-0.2, -0.15) is 0 Å². The predicted octanol–water partition coefficient (Wildman–Crippen LogP) is 5.78. The van der Waals surface area contributed by atoms with Crippen molar-refractivity contribution >= 4 is 28.3 Å². The number of carbonyl (C=O) groups is 1. The number of allylic oxidation sites excluding steroid dienone is 1. The highest BCUT2D eigenvalue weighted by Gasteiger charge is 2.25. The normalized spacial score (nSPS) is 11.4. The van der Waals surface area contributed by atoms with Crippen LogP contribution in [0.5, 0.6) is 11.5 Å². The van der Waals surface area contributed by atoms with Crippen LogP contribution in [0.1, 0.15) is 11.1 Å². The Kier molecular flexibility index (Phi) is 9.82. The smallest absolute Gasteiger partial charge is 0.259 e. The van der Waals surface area contributed by atoms with Gasteiger partial charge in [0.2, 0.25) is 0 Å². The molecule has 0 amide bonds. The molecule has 0 saturated heterocycles. The van der Waals surface area contributed by atoms with E-state index in [9.17, 15) is 9.59 Å². The fourth-order valence-corrected chi connectivity index (χ4v) is 5.04. The Hall–Kier alpha value is -5.42. The molecule has 2 aromatic carbocycles. The van der Waals surface area contributed by atoms with Gasteiger partial charge >= 0.3 is 0 Å². The van der Waals surface area contributed by atoms with E-state index in [1.807, 2.05) is 43.3 Å². The lowest BCUT2D eigenvalue weighted by atomic mass is 10.0. The Labute approximate surface area is 264 Å². The molecule has 5 rings (SSSR count). The van der Waals surface area contributed by atoms with E-state index in [0.717, 1.165) is 11.6 Å². The van der Waals surface area contributed by atoms with Gasteiger partial charge in [0.25, 0.3) is 5.56 Å². The lowest BCUT2D eigenvalue weighted by molar-refractivity contribution is -0.114. The second-order valence-electron chi connectivity index (χ2n) is 10.8. The number of anilines is 2. The van der Waals surface area contributed by atoms with Crippen LogP contribution < -0.4 is 20.3 Å². The first-order valence-electron chi connectivity index (χ1n) is 14.4.